The molecule has 2 amide bonds. The van der Waals surface area contributed by atoms with Gasteiger partial charge >= 0.3 is 0 Å². The van der Waals surface area contributed by atoms with Crippen LogP contribution in [0.15, 0.2) is 48.5 Å². The van der Waals surface area contributed by atoms with Crippen molar-refractivity contribution < 1.29 is 19.1 Å². The van der Waals surface area contributed by atoms with Crippen molar-refractivity contribution in [3.05, 3.63) is 54.1 Å². The molecule has 2 aromatic carbocycles. The van der Waals surface area contributed by atoms with Crippen LogP contribution in [0.5, 0.6) is 5.75 Å². The zero-order valence-electron chi connectivity index (χ0n) is 15.4. The van der Waals surface area contributed by atoms with Crippen LogP contribution in [0.4, 0.5) is 11.4 Å². The third-order valence-electron chi connectivity index (χ3n) is 4.58. The normalized spacial score (nSPS) is 14.1. The fraction of sp³-hybridized carbons (Fsp3) is 0.286. The van der Waals surface area contributed by atoms with Gasteiger partial charge in [-0.3, -0.25) is 14.4 Å². The summed E-state index contributed by atoms with van der Waals surface area (Å²) >= 11 is 0. The maximum Gasteiger partial charge on any atom is 0.240 e. The zero-order valence-corrected chi connectivity index (χ0v) is 15.4. The molecule has 0 bridgehead atoms. The lowest BCUT2D eigenvalue weighted by Gasteiger charge is -2.17. The Morgan fingerprint density at radius 2 is 1.70 bits per heavy atom. The SMILES string of the molecule is CCOc1ccccc1NC(=O)C1(C(=O)Nc2cccc(C(C)=O)c2)CC1. The van der Waals surface area contributed by atoms with Crippen LogP contribution in [-0.2, 0) is 9.59 Å². The number of hydrogen-bond acceptors (Lipinski definition) is 4. The molecule has 140 valence electrons. The molecule has 1 saturated carbocycles. The summed E-state index contributed by atoms with van der Waals surface area (Å²) in [7, 11) is 0. The molecule has 6 nitrogen and oxygen atoms in total. The van der Waals surface area contributed by atoms with Gasteiger partial charge in [0, 0.05) is 11.3 Å². The van der Waals surface area contributed by atoms with E-state index < -0.39 is 5.41 Å². The van der Waals surface area contributed by atoms with Gasteiger partial charge in [-0.25, -0.2) is 0 Å². The quantitative estimate of drug-likeness (QED) is 0.579. The second-order valence-electron chi connectivity index (χ2n) is 6.56. The monoisotopic (exact) mass is 366 g/mol. The predicted molar refractivity (Wildman–Crippen MR) is 103 cm³/mol. The van der Waals surface area contributed by atoms with Crippen LogP contribution >= 0.6 is 0 Å². The van der Waals surface area contributed by atoms with E-state index in [2.05, 4.69) is 10.6 Å². The first-order chi connectivity index (χ1) is 13.0. The molecule has 27 heavy (non-hydrogen) atoms. The van der Waals surface area contributed by atoms with E-state index in [1.165, 1.54) is 6.92 Å². The first-order valence-corrected chi connectivity index (χ1v) is 8.92. The van der Waals surface area contributed by atoms with Gasteiger partial charge in [-0.05, 0) is 51.0 Å². The highest BCUT2D eigenvalue weighted by atomic mass is 16.5. The van der Waals surface area contributed by atoms with Gasteiger partial charge in [0.1, 0.15) is 11.2 Å². The number of nitrogens with one attached hydrogen (secondary N) is 2. The van der Waals surface area contributed by atoms with Gasteiger partial charge in [0.05, 0.1) is 12.3 Å². The van der Waals surface area contributed by atoms with E-state index in [4.69, 9.17) is 4.74 Å². The summed E-state index contributed by atoms with van der Waals surface area (Å²) in [6.45, 7) is 3.81. The Kier molecular flexibility index (Phi) is 5.26. The fourth-order valence-corrected chi connectivity index (χ4v) is 2.84. The highest BCUT2D eigenvalue weighted by Gasteiger charge is 2.56. The van der Waals surface area contributed by atoms with E-state index in [9.17, 15) is 14.4 Å². The molecule has 0 heterocycles. The largest absolute Gasteiger partial charge is 0.492 e. The standard InChI is InChI=1S/C21H22N2O4/c1-3-27-18-10-5-4-9-17(18)23-20(26)21(11-12-21)19(25)22-16-8-6-7-15(13-16)14(2)24/h4-10,13H,3,11-12H2,1-2H3,(H,22,25)(H,23,26). The number of rotatable bonds is 7. The van der Waals surface area contributed by atoms with Crippen molar-refractivity contribution in [2.75, 3.05) is 17.2 Å². The van der Waals surface area contributed by atoms with Crippen molar-refractivity contribution in [2.45, 2.75) is 26.7 Å². The lowest BCUT2D eigenvalue weighted by atomic mass is 10.0. The van der Waals surface area contributed by atoms with E-state index in [1.807, 2.05) is 13.0 Å². The average Bonchev–Trinajstić information content (AvgIpc) is 3.46. The first-order valence-electron chi connectivity index (χ1n) is 8.92. The summed E-state index contributed by atoms with van der Waals surface area (Å²) in [5.41, 5.74) is 0.460. The van der Waals surface area contributed by atoms with Gasteiger partial charge < -0.3 is 15.4 Å². The third-order valence-corrected chi connectivity index (χ3v) is 4.58. The van der Waals surface area contributed by atoms with E-state index in [0.717, 1.165) is 0 Å². The Morgan fingerprint density at radius 1 is 1.00 bits per heavy atom. The van der Waals surface area contributed by atoms with Gasteiger partial charge in [-0.1, -0.05) is 24.3 Å². The third kappa shape index (κ3) is 4.00. The second-order valence-corrected chi connectivity index (χ2v) is 6.56. The molecule has 2 N–H and O–H groups in total. The van der Waals surface area contributed by atoms with Gasteiger partial charge in [-0.2, -0.15) is 0 Å². The maximum absolute atomic E-state index is 12.8. The minimum Gasteiger partial charge on any atom is -0.492 e. The lowest BCUT2D eigenvalue weighted by molar-refractivity contribution is -0.131. The molecule has 0 aliphatic heterocycles. The van der Waals surface area contributed by atoms with Crippen molar-refractivity contribution in [1.82, 2.24) is 0 Å². The predicted octanol–water partition coefficient (Wildman–Crippen LogP) is 3.65. The summed E-state index contributed by atoms with van der Waals surface area (Å²) in [6.07, 6.45) is 0.960. The Morgan fingerprint density at radius 3 is 2.37 bits per heavy atom. The Hall–Kier alpha value is -3.15. The molecule has 1 aliphatic carbocycles. The highest BCUT2D eigenvalue weighted by Crippen LogP contribution is 2.48. The van der Waals surface area contributed by atoms with Crippen molar-refractivity contribution in [3.63, 3.8) is 0 Å². The minimum atomic E-state index is -1.09. The average molecular weight is 366 g/mol. The van der Waals surface area contributed by atoms with Crippen molar-refractivity contribution in [3.8, 4) is 5.75 Å². The van der Waals surface area contributed by atoms with Crippen LogP contribution in [0.25, 0.3) is 0 Å². The van der Waals surface area contributed by atoms with E-state index >= 15 is 0 Å². The lowest BCUT2D eigenvalue weighted by Crippen LogP contribution is -2.35. The molecule has 2 aromatic rings. The molecule has 0 saturated heterocycles. The first kappa shape index (κ1) is 18.6. The molecule has 0 spiro atoms. The molecule has 1 fully saturated rings. The highest BCUT2D eigenvalue weighted by molar-refractivity contribution is 6.17. The van der Waals surface area contributed by atoms with Gasteiger partial charge in [0.15, 0.2) is 5.78 Å². The molecule has 1 aliphatic rings. The van der Waals surface area contributed by atoms with Crippen LogP contribution in [-0.4, -0.2) is 24.2 Å². The molecule has 0 aromatic heterocycles. The van der Waals surface area contributed by atoms with E-state index in [0.29, 0.717) is 42.1 Å². The van der Waals surface area contributed by atoms with Crippen LogP contribution < -0.4 is 15.4 Å². The maximum atomic E-state index is 12.8. The number of benzene rings is 2. The van der Waals surface area contributed by atoms with Crippen molar-refractivity contribution in [2.24, 2.45) is 5.41 Å². The minimum absolute atomic E-state index is 0.0856. The van der Waals surface area contributed by atoms with Crippen LogP contribution in [0.1, 0.15) is 37.0 Å². The van der Waals surface area contributed by atoms with E-state index in [1.54, 1.807) is 42.5 Å². The fourth-order valence-electron chi connectivity index (χ4n) is 2.84. The molecular formula is C21H22N2O4. The molecule has 0 atom stereocenters. The molecule has 3 rings (SSSR count). The molecular weight excluding hydrogens is 344 g/mol. The van der Waals surface area contributed by atoms with Crippen LogP contribution in [0.3, 0.4) is 0 Å². The Bertz CT molecular complexity index is 887. The molecule has 0 radical (unpaired) electrons. The number of carbonyl (C=O) groups is 3. The van der Waals surface area contributed by atoms with Gasteiger partial charge in [0.2, 0.25) is 11.8 Å². The zero-order chi connectivity index (χ0) is 19.4. The summed E-state index contributed by atoms with van der Waals surface area (Å²) in [6, 6.07) is 13.8. The molecule has 0 unspecified atom stereocenters. The van der Waals surface area contributed by atoms with Crippen molar-refractivity contribution >= 4 is 29.0 Å². The number of anilines is 2. The number of ether oxygens (including phenoxy) is 1. The number of amides is 2. The van der Waals surface area contributed by atoms with Gasteiger partial charge in [0.25, 0.3) is 0 Å². The summed E-state index contributed by atoms with van der Waals surface area (Å²) in [5, 5.41) is 5.58. The summed E-state index contributed by atoms with van der Waals surface area (Å²) in [5.74, 6) is -0.235. The number of carbonyl (C=O) groups excluding carboxylic acids is 3. The number of ketones is 1. The van der Waals surface area contributed by atoms with Crippen LogP contribution in [0, 0.1) is 5.41 Å². The van der Waals surface area contributed by atoms with E-state index in [-0.39, 0.29) is 17.6 Å². The van der Waals surface area contributed by atoms with Gasteiger partial charge in [-0.15, -0.1) is 0 Å². The second kappa shape index (κ2) is 7.61. The summed E-state index contributed by atoms with van der Waals surface area (Å²) < 4.78 is 5.52. The van der Waals surface area contributed by atoms with Crippen LogP contribution in [0.2, 0.25) is 0 Å². The van der Waals surface area contributed by atoms with Crippen molar-refractivity contribution in [1.29, 1.82) is 0 Å². The number of Topliss-reactive ketones (excluding diaryl/α,β-unsaturated/α-hetero) is 1. The smallest absolute Gasteiger partial charge is 0.240 e. The number of para-hydroxylation sites is 2. The topological polar surface area (TPSA) is 84.5 Å². The number of hydrogen-bond donors (Lipinski definition) is 2. The summed E-state index contributed by atoms with van der Waals surface area (Å²) in [4.78, 5) is 37.0. The Balaban J connectivity index is 1.73. The molecule has 6 heteroatoms. The Labute approximate surface area is 157 Å².